The highest BCUT2D eigenvalue weighted by Crippen LogP contribution is 2.26. The van der Waals surface area contributed by atoms with Gasteiger partial charge in [-0.2, -0.15) is 0 Å². The summed E-state index contributed by atoms with van der Waals surface area (Å²) in [6, 6.07) is 6.06. The Hall–Kier alpha value is -1.68. The van der Waals surface area contributed by atoms with Crippen molar-refractivity contribution in [2.75, 3.05) is 0 Å². The summed E-state index contributed by atoms with van der Waals surface area (Å²) >= 11 is 0. The van der Waals surface area contributed by atoms with Crippen LogP contribution in [0.4, 0.5) is 0 Å². The summed E-state index contributed by atoms with van der Waals surface area (Å²) < 4.78 is 2.02. The molecule has 2 atom stereocenters. The highest BCUT2D eigenvalue weighted by atomic mass is 15.2. The van der Waals surface area contributed by atoms with E-state index in [9.17, 15) is 0 Å². The smallest absolute Gasteiger partial charge is 0.160 e. The molecule has 2 aromatic rings. The van der Waals surface area contributed by atoms with Gasteiger partial charge in [0.1, 0.15) is 5.82 Å². The Morgan fingerprint density at radius 2 is 2.20 bits per heavy atom. The van der Waals surface area contributed by atoms with Gasteiger partial charge in [0.25, 0.3) is 0 Å². The Bertz CT molecular complexity index is 514. The minimum absolute atomic E-state index is 0.158. The number of aromatic nitrogens is 3. The highest BCUT2D eigenvalue weighted by Gasteiger charge is 2.21. The third kappa shape index (κ3) is 1.34. The first-order valence-electron chi connectivity index (χ1n) is 5.08. The zero-order chi connectivity index (χ0) is 10.3. The summed E-state index contributed by atoms with van der Waals surface area (Å²) in [5, 5.41) is 8.34. The van der Waals surface area contributed by atoms with E-state index in [1.807, 2.05) is 34.9 Å². The summed E-state index contributed by atoms with van der Waals surface area (Å²) in [6.45, 7) is 0. The molecule has 0 spiro atoms. The molecule has 0 bridgehead atoms. The molecule has 0 radical (unpaired) electrons. The van der Waals surface area contributed by atoms with Gasteiger partial charge in [0, 0.05) is 18.2 Å². The lowest BCUT2D eigenvalue weighted by Gasteiger charge is -2.06. The molecule has 0 saturated heterocycles. The van der Waals surface area contributed by atoms with Crippen molar-refractivity contribution in [3.05, 3.63) is 42.4 Å². The molecule has 2 N–H and O–H groups in total. The van der Waals surface area contributed by atoms with Gasteiger partial charge in [0.05, 0.1) is 0 Å². The van der Waals surface area contributed by atoms with Gasteiger partial charge in [0.2, 0.25) is 0 Å². The van der Waals surface area contributed by atoms with Gasteiger partial charge in [0.15, 0.2) is 5.65 Å². The molecule has 3 rings (SSSR count). The van der Waals surface area contributed by atoms with Crippen LogP contribution in [0.15, 0.2) is 36.5 Å². The maximum absolute atomic E-state index is 5.83. The number of allylic oxidation sites excluding steroid dienone is 1. The fraction of sp³-hybridized carbons (Fsp3) is 0.273. The first-order valence-corrected chi connectivity index (χ1v) is 5.08. The minimum atomic E-state index is 0.158. The number of pyridine rings is 1. The van der Waals surface area contributed by atoms with E-state index in [2.05, 4.69) is 16.3 Å². The monoisotopic (exact) mass is 200 g/mol. The molecule has 4 heteroatoms. The number of nitrogens with zero attached hydrogens (tertiary/aromatic N) is 3. The van der Waals surface area contributed by atoms with Crippen LogP contribution in [0.1, 0.15) is 18.2 Å². The number of hydrogen-bond donors (Lipinski definition) is 1. The van der Waals surface area contributed by atoms with Gasteiger partial charge in [-0.3, -0.25) is 4.40 Å². The van der Waals surface area contributed by atoms with Gasteiger partial charge in [-0.15, -0.1) is 10.2 Å². The van der Waals surface area contributed by atoms with Crippen molar-refractivity contribution in [2.24, 2.45) is 5.73 Å². The van der Waals surface area contributed by atoms with Crippen molar-refractivity contribution >= 4 is 5.65 Å². The summed E-state index contributed by atoms with van der Waals surface area (Å²) in [5.41, 5.74) is 6.72. The lowest BCUT2D eigenvalue weighted by Crippen LogP contribution is -2.15. The third-order valence-electron chi connectivity index (χ3n) is 2.79. The average molecular weight is 200 g/mol. The molecule has 2 unspecified atom stereocenters. The van der Waals surface area contributed by atoms with Gasteiger partial charge in [-0.1, -0.05) is 18.2 Å². The first-order chi connectivity index (χ1) is 7.34. The first kappa shape index (κ1) is 8.61. The van der Waals surface area contributed by atoms with Crippen molar-refractivity contribution in [1.82, 2.24) is 14.6 Å². The Morgan fingerprint density at radius 1 is 1.27 bits per heavy atom. The normalized spacial score (nSPS) is 25.1. The van der Waals surface area contributed by atoms with E-state index < -0.39 is 0 Å². The highest BCUT2D eigenvalue weighted by molar-refractivity contribution is 5.38. The lowest BCUT2D eigenvalue weighted by atomic mass is 10.1. The molecule has 0 fully saturated rings. The van der Waals surface area contributed by atoms with Crippen LogP contribution in [0.3, 0.4) is 0 Å². The lowest BCUT2D eigenvalue weighted by molar-refractivity contribution is 0.670. The fourth-order valence-electron chi connectivity index (χ4n) is 2.03. The van der Waals surface area contributed by atoms with E-state index >= 15 is 0 Å². The van der Waals surface area contributed by atoms with Crippen molar-refractivity contribution in [3.8, 4) is 0 Å². The van der Waals surface area contributed by atoms with Crippen LogP contribution in [0.2, 0.25) is 0 Å². The predicted octanol–water partition coefficient (Wildman–Crippen LogP) is 1.10. The maximum Gasteiger partial charge on any atom is 0.160 e. The van der Waals surface area contributed by atoms with Crippen LogP contribution in [-0.2, 0) is 0 Å². The molecule has 4 nitrogen and oxygen atoms in total. The molecule has 1 aliphatic carbocycles. The van der Waals surface area contributed by atoms with E-state index in [-0.39, 0.29) is 6.04 Å². The molecule has 2 heterocycles. The largest absolute Gasteiger partial charge is 0.324 e. The standard InChI is InChI=1S/C11H12N4/c12-9-5-4-8(7-9)11-14-13-10-3-1-2-6-15(10)11/h1-6,8-9H,7,12H2. The van der Waals surface area contributed by atoms with Crippen molar-refractivity contribution < 1.29 is 0 Å². The quantitative estimate of drug-likeness (QED) is 0.701. The predicted molar refractivity (Wildman–Crippen MR) is 57.5 cm³/mol. The molecule has 0 aliphatic heterocycles. The van der Waals surface area contributed by atoms with E-state index in [1.54, 1.807) is 0 Å². The second-order valence-electron chi connectivity index (χ2n) is 3.88. The molecular weight excluding hydrogens is 188 g/mol. The van der Waals surface area contributed by atoms with Crippen LogP contribution in [-0.4, -0.2) is 20.6 Å². The summed E-state index contributed by atoms with van der Waals surface area (Å²) in [7, 11) is 0. The Kier molecular flexibility index (Phi) is 1.82. The van der Waals surface area contributed by atoms with E-state index in [0.717, 1.165) is 17.9 Å². The average Bonchev–Trinajstić information content (AvgIpc) is 2.83. The fourth-order valence-corrected chi connectivity index (χ4v) is 2.03. The van der Waals surface area contributed by atoms with Crippen molar-refractivity contribution in [1.29, 1.82) is 0 Å². The summed E-state index contributed by atoms with van der Waals surface area (Å²) in [6.07, 6.45) is 7.07. The maximum atomic E-state index is 5.83. The zero-order valence-electron chi connectivity index (χ0n) is 8.24. The molecule has 15 heavy (non-hydrogen) atoms. The zero-order valence-corrected chi connectivity index (χ0v) is 8.24. The molecular formula is C11H12N4. The van der Waals surface area contributed by atoms with Crippen LogP contribution in [0.25, 0.3) is 5.65 Å². The number of fused-ring (bicyclic) bond motifs is 1. The van der Waals surface area contributed by atoms with Crippen LogP contribution >= 0.6 is 0 Å². The van der Waals surface area contributed by atoms with E-state index in [4.69, 9.17) is 5.73 Å². The molecule has 2 aromatic heterocycles. The third-order valence-corrected chi connectivity index (χ3v) is 2.79. The number of hydrogen-bond acceptors (Lipinski definition) is 3. The van der Waals surface area contributed by atoms with Crippen LogP contribution < -0.4 is 5.73 Å². The minimum Gasteiger partial charge on any atom is -0.324 e. The number of nitrogens with two attached hydrogens (primary N) is 1. The Balaban J connectivity index is 2.08. The number of rotatable bonds is 1. The van der Waals surface area contributed by atoms with Crippen molar-refractivity contribution in [3.63, 3.8) is 0 Å². The van der Waals surface area contributed by atoms with E-state index in [0.29, 0.717) is 5.92 Å². The van der Waals surface area contributed by atoms with Gasteiger partial charge in [-0.05, 0) is 18.6 Å². The molecule has 76 valence electrons. The van der Waals surface area contributed by atoms with Gasteiger partial charge < -0.3 is 5.73 Å². The molecule has 0 amide bonds. The summed E-state index contributed by atoms with van der Waals surface area (Å²) in [4.78, 5) is 0. The molecule has 0 aromatic carbocycles. The van der Waals surface area contributed by atoms with E-state index in [1.165, 1.54) is 0 Å². The van der Waals surface area contributed by atoms with Crippen molar-refractivity contribution in [2.45, 2.75) is 18.4 Å². The summed E-state index contributed by atoms with van der Waals surface area (Å²) in [5.74, 6) is 1.28. The van der Waals surface area contributed by atoms with Gasteiger partial charge in [-0.25, -0.2) is 0 Å². The Labute approximate surface area is 87.4 Å². The van der Waals surface area contributed by atoms with Crippen LogP contribution in [0.5, 0.6) is 0 Å². The molecule has 1 aliphatic rings. The Morgan fingerprint density at radius 3 is 3.00 bits per heavy atom. The second kappa shape index (κ2) is 3.17. The second-order valence-corrected chi connectivity index (χ2v) is 3.88. The van der Waals surface area contributed by atoms with Gasteiger partial charge >= 0.3 is 0 Å². The SMILES string of the molecule is NC1C=CC(c2nnc3ccccn23)C1. The topological polar surface area (TPSA) is 56.2 Å². The van der Waals surface area contributed by atoms with Crippen LogP contribution in [0, 0.1) is 0 Å². The molecule has 0 saturated carbocycles.